The molecular weight excluding hydrogens is 1270 g/mol. The van der Waals surface area contributed by atoms with Crippen LogP contribution in [-0.4, -0.2) is 256 Å². The van der Waals surface area contributed by atoms with Gasteiger partial charge < -0.3 is 96.6 Å². The number of cyclic esters (lactones) is 4. The van der Waals surface area contributed by atoms with E-state index in [2.05, 4.69) is 37.5 Å². The smallest absolute Gasteiger partial charge is 0.480 e. The van der Waals surface area contributed by atoms with Crippen molar-refractivity contribution in [1.82, 2.24) is 31.5 Å². The van der Waals surface area contributed by atoms with Crippen molar-refractivity contribution in [3.8, 4) is 12.3 Å². The number of aliphatic imine (C=N–C) groups is 1. The molecule has 4 aliphatic heterocycles. The Kier molecular flexibility index (Phi) is 34.6. The lowest BCUT2D eigenvalue weighted by molar-refractivity contribution is -0.156. The third kappa shape index (κ3) is 30.0. The highest BCUT2D eigenvalue weighted by molar-refractivity contribution is 5.94. The summed E-state index contributed by atoms with van der Waals surface area (Å²) >= 11 is 0. The Labute approximate surface area is 559 Å². The van der Waals surface area contributed by atoms with Gasteiger partial charge in [0.1, 0.15) is 68.4 Å². The number of methoxy groups -OCH3 is 2. The molecule has 4 aliphatic rings. The fourth-order valence-corrected chi connectivity index (χ4v) is 9.90. The normalized spacial score (nSPS) is 21.8. The Bertz CT molecular complexity index is 2720. The molecule has 5 N–H and O–H groups in total. The number of alkyl carbamates (subject to hydrolysis) is 2. The van der Waals surface area contributed by atoms with Crippen LogP contribution in [0.3, 0.4) is 0 Å². The average molecular weight is 1370 g/mol. The highest BCUT2D eigenvalue weighted by Crippen LogP contribution is 2.33. The number of nitrogens with zero attached hydrogens (tertiary/aromatic N) is 2. The van der Waals surface area contributed by atoms with E-state index < -0.39 is 139 Å². The molecule has 0 radical (unpaired) electrons. The van der Waals surface area contributed by atoms with Crippen LogP contribution in [0, 0.1) is 18.3 Å². The Hall–Kier alpha value is -7.87. The van der Waals surface area contributed by atoms with Gasteiger partial charge in [-0.05, 0) is 93.2 Å². The fourth-order valence-electron chi connectivity index (χ4n) is 9.90. The van der Waals surface area contributed by atoms with E-state index in [4.69, 9.17) is 82.2 Å². The summed E-state index contributed by atoms with van der Waals surface area (Å²) in [7, 11) is 2.28. The molecule has 11 atom stereocenters. The first-order valence-corrected chi connectivity index (χ1v) is 31.7. The second kappa shape index (κ2) is 41.3. The topological polar surface area (TPSA) is 394 Å². The van der Waals surface area contributed by atoms with Gasteiger partial charge in [-0.1, -0.05) is 12.8 Å². The van der Waals surface area contributed by atoms with Gasteiger partial charge in [0.25, 0.3) is 0 Å². The number of carbonyl (C=O) groups is 10. The summed E-state index contributed by atoms with van der Waals surface area (Å²) in [4.78, 5) is 136. The third-order valence-electron chi connectivity index (χ3n) is 14.2. The van der Waals surface area contributed by atoms with Crippen LogP contribution in [0.2, 0.25) is 0 Å². The molecule has 5 amide bonds. The monoisotopic (exact) mass is 1370 g/mol. The predicted octanol–water partition coefficient (Wildman–Crippen LogP) is 2.57. The molecule has 0 aliphatic carbocycles. The zero-order valence-electron chi connectivity index (χ0n) is 56.9. The number of hydrogen-bond acceptors (Lipinski definition) is 28. The number of ether oxygens (including phenoxy) is 16. The molecule has 0 aromatic heterocycles. The molecule has 0 spiro atoms. The summed E-state index contributed by atoms with van der Waals surface area (Å²) in [5.74, 6) is -2.14. The quantitative estimate of drug-likeness (QED) is 0.0112. The summed E-state index contributed by atoms with van der Waals surface area (Å²) in [5.41, 5.74) is -1.62. The van der Waals surface area contributed by atoms with E-state index in [9.17, 15) is 47.9 Å². The minimum absolute atomic E-state index is 0.0132. The lowest BCUT2D eigenvalue weighted by Gasteiger charge is -2.42. The molecule has 96 heavy (non-hydrogen) atoms. The largest absolute Gasteiger partial charge is 0.508 e. The van der Waals surface area contributed by atoms with E-state index in [-0.39, 0.29) is 101 Å². The maximum absolute atomic E-state index is 13.8. The van der Waals surface area contributed by atoms with Crippen LogP contribution in [0.4, 0.5) is 19.2 Å². The van der Waals surface area contributed by atoms with Gasteiger partial charge in [-0.2, -0.15) is 0 Å². The average Bonchev–Trinajstić information content (AvgIpc) is 1.18. The number of amidine groups is 1. The minimum atomic E-state index is -1.37. The van der Waals surface area contributed by atoms with Crippen LogP contribution in [0.25, 0.3) is 0 Å². The Morgan fingerprint density at radius 3 is 1.77 bits per heavy atom. The molecule has 0 saturated carbocycles. The van der Waals surface area contributed by atoms with Crippen molar-refractivity contribution < 1.29 is 124 Å². The number of carbonyl (C=O) groups excluding carboxylic acids is 10. The van der Waals surface area contributed by atoms with E-state index in [1.165, 1.54) is 26.0 Å². The molecule has 33 heteroatoms. The van der Waals surface area contributed by atoms with Crippen molar-refractivity contribution in [3.05, 3.63) is 23.7 Å². The lowest BCUT2D eigenvalue weighted by atomic mass is 9.87. The van der Waals surface area contributed by atoms with Gasteiger partial charge in [-0.25, -0.2) is 28.8 Å². The number of esters is 2. The Morgan fingerprint density at radius 1 is 0.688 bits per heavy atom. The van der Waals surface area contributed by atoms with Crippen molar-refractivity contribution in [2.24, 2.45) is 10.9 Å². The van der Waals surface area contributed by atoms with Crippen LogP contribution >= 0.6 is 0 Å². The van der Waals surface area contributed by atoms with E-state index in [1.54, 1.807) is 60.3 Å². The van der Waals surface area contributed by atoms with Gasteiger partial charge in [0.15, 0.2) is 24.1 Å². The molecule has 4 rings (SSSR count). The predicted molar refractivity (Wildman–Crippen MR) is 335 cm³/mol. The van der Waals surface area contributed by atoms with Crippen LogP contribution in [0.1, 0.15) is 108 Å². The number of rotatable bonds is 40. The van der Waals surface area contributed by atoms with Crippen LogP contribution in [0.15, 0.2) is 28.7 Å². The molecule has 2 fully saturated rings. The van der Waals surface area contributed by atoms with E-state index in [0.717, 1.165) is 14.2 Å². The summed E-state index contributed by atoms with van der Waals surface area (Å²) in [5, 5.41) is 13.9. The van der Waals surface area contributed by atoms with Crippen molar-refractivity contribution in [3.63, 3.8) is 0 Å². The molecular formula is C63H97N7O26. The number of nitrogens with one attached hydrogen (secondary N) is 5. The zero-order chi connectivity index (χ0) is 71.0. The molecule has 2 saturated heterocycles. The summed E-state index contributed by atoms with van der Waals surface area (Å²) < 4.78 is 88.0. The Morgan fingerprint density at radius 2 is 1.22 bits per heavy atom. The minimum Gasteiger partial charge on any atom is -0.480 e. The maximum atomic E-state index is 13.8. The summed E-state index contributed by atoms with van der Waals surface area (Å²) in [6, 6.07) is -2.91. The summed E-state index contributed by atoms with van der Waals surface area (Å²) in [6.07, 6.45) is -2.15. The number of unbranched alkanes of at least 4 members (excludes halogenated alkanes) is 2. The molecule has 0 bridgehead atoms. The van der Waals surface area contributed by atoms with Gasteiger partial charge in [0, 0.05) is 38.9 Å². The second-order valence-corrected chi connectivity index (χ2v) is 24.5. The SMILES string of the molecule is C#CCOCCOCCOCCOCCC(=O)N(CCCCNC(=O)CO[C@@H]([C@@H]1OC(C(=O)OC)=C[C@H](NC(C)NC(=O)OC(C)(C)C)[C@H]1NC(C)=O)[C@H]1COC(=O)O1)CCCCC(=O)CO[C@@H]([C@@H]1OC(C(=O)OC)=C[C@H](N=C(C)NC(=O)OC(C)(C)C)[C@H]1C)[C@H]1COC(=O)O1. The summed E-state index contributed by atoms with van der Waals surface area (Å²) in [6.45, 7) is 17.3. The number of amides is 5. The highest BCUT2D eigenvalue weighted by atomic mass is 16.8. The number of ketones is 1. The number of terminal acetylenes is 1. The Balaban J connectivity index is 1.40. The van der Waals surface area contributed by atoms with E-state index in [1.807, 2.05) is 0 Å². The van der Waals surface area contributed by atoms with Crippen LogP contribution in [0.5, 0.6) is 0 Å². The van der Waals surface area contributed by atoms with Crippen LogP contribution in [-0.2, 0) is 105 Å². The van der Waals surface area contributed by atoms with E-state index >= 15 is 0 Å². The molecule has 33 nitrogen and oxygen atoms in total. The van der Waals surface area contributed by atoms with E-state index in [0.29, 0.717) is 52.1 Å². The molecule has 0 aromatic carbocycles. The lowest BCUT2D eigenvalue weighted by Crippen LogP contribution is -2.65. The molecule has 540 valence electrons. The first-order chi connectivity index (χ1) is 45.5. The number of hydrogen-bond donors (Lipinski definition) is 5. The van der Waals surface area contributed by atoms with Gasteiger partial charge in [0.2, 0.25) is 29.2 Å². The van der Waals surface area contributed by atoms with Gasteiger partial charge in [0.05, 0.1) is 91.2 Å². The first-order valence-electron chi connectivity index (χ1n) is 31.7. The van der Waals surface area contributed by atoms with Gasteiger partial charge in [-0.3, -0.25) is 34.8 Å². The zero-order valence-corrected chi connectivity index (χ0v) is 56.9. The van der Waals surface area contributed by atoms with Crippen LogP contribution < -0.4 is 26.6 Å². The molecule has 0 aromatic rings. The standard InChI is InChI=1S/C63H97N7O26/c1-14-24-83-26-28-85-30-31-86-29-27-84-25-20-50(74)70(22-17-15-19-42(72)34-87-53(47-35-89-60(79)93-47)52-38(2)43(32-45(91-52)56(75)81-12)65-39(3)67-58(77)95-62(6,7)8)23-18-16-21-64-49(73)37-88-54(48-36-90-61(80)94-48)55-51(69-41(5)71)44(33-46(92-55)57(76)82-13)66-40(4)68-59(78)96-63(9,10)11/h1,32-33,38,40,43-44,47-48,51-55,66H,15-31,34-37H2,2-13H3,(H,64,73)(H,68,78)(H,69,71)(H,65,67,77)/t38-,40?,43+,44+,47-,48-,51-,52-,53-,54-,55-/m1/s1. The van der Waals surface area contributed by atoms with Crippen molar-refractivity contribution in [1.29, 1.82) is 0 Å². The molecule has 1 unspecified atom stereocenters. The van der Waals surface area contributed by atoms with Crippen molar-refractivity contribution in [2.75, 3.05) is 113 Å². The number of Topliss-reactive ketones (excluding diaryl/α,β-unsaturated/α-hetero) is 1. The van der Waals surface area contributed by atoms with Crippen molar-refractivity contribution in [2.45, 2.75) is 180 Å². The second-order valence-electron chi connectivity index (χ2n) is 24.5. The highest BCUT2D eigenvalue weighted by Gasteiger charge is 2.50. The molecule has 4 heterocycles. The van der Waals surface area contributed by atoms with Gasteiger partial charge >= 0.3 is 36.4 Å². The fraction of sp³-hybridized carbons (Fsp3) is 0.730. The first kappa shape index (κ1) is 80.6. The van der Waals surface area contributed by atoms with Gasteiger partial charge in [-0.15, -0.1) is 6.42 Å². The third-order valence-corrected chi connectivity index (χ3v) is 14.2. The maximum Gasteiger partial charge on any atom is 0.508 e. The van der Waals surface area contributed by atoms with Crippen molar-refractivity contribution >= 4 is 65.8 Å².